The van der Waals surface area contributed by atoms with Crippen molar-refractivity contribution < 1.29 is 27.3 Å². The van der Waals surface area contributed by atoms with E-state index in [0.29, 0.717) is 11.1 Å². The molecule has 0 saturated carbocycles. The smallest absolute Gasteiger partial charge is 0.331 e. The molecule has 1 atom stereocenters. The van der Waals surface area contributed by atoms with Gasteiger partial charge in [-0.3, -0.25) is 19.8 Å². The fraction of sp³-hybridized carbons (Fsp3) is 0.158. The fourth-order valence-corrected chi connectivity index (χ4v) is 4.12. The number of nitrogens with one attached hydrogen (secondary N) is 1. The number of nitro groups is 1. The summed E-state index contributed by atoms with van der Waals surface area (Å²) in [5.74, 6) is -0.547. The molecule has 0 unspecified atom stereocenters. The predicted octanol–water partition coefficient (Wildman–Crippen LogP) is 1.82. The molecular weight excluding hydrogens is 442 g/mol. The zero-order valence-electron chi connectivity index (χ0n) is 16.5. The fourth-order valence-electron chi connectivity index (χ4n) is 2.88. The van der Waals surface area contributed by atoms with Crippen molar-refractivity contribution in [3.05, 3.63) is 70.1 Å². The summed E-state index contributed by atoms with van der Waals surface area (Å²) in [6, 6.07) is 10.8. The summed E-state index contributed by atoms with van der Waals surface area (Å²) in [5, 5.41) is 18.3. The minimum Gasteiger partial charge on any atom is -0.454 e. The van der Waals surface area contributed by atoms with Crippen LogP contribution in [0.3, 0.4) is 0 Å². The summed E-state index contributed by atoms with van der Waals surface area (Å²) in [6.07, 6.45) is 0. The third-order valence-corrected chi connectivity index (χ3v) is 5.85. The zero-order chi connectivity index (χ0) is 22.9. The van der Waals surface area contributed by atoms with Gasteiger partial charge in [0.1, 0.15) is 11.9 Å². The van der Waals surface area contributed by atoms with Crippen molar-refractivity contribution in [1.82, 2.24) is 14.9 Å². The Bertz CT molecular complexity index is 1330. The lowest BCUT2D eigenvalue weighted by atomic mass is 10.2. The van der Waals surface area contributed by atoms with E-state index in [-0.39, 0.29) is 34.8 Å². The highest BCUT2D eigenvalue weighted by Crippen LogP contribution is 2.23. The molecule has 1 N–H and O–H groups in total. The van der Waals surface area contributed by atoms with Gasteiger partial charge in [0.2, 0.25) is 5.89 Å². The van der Waals surface area contributed by atoms with E-state index in [0.717, 1.165) is 0 Å². The van der Waals surface area contributed by atoms with Gasteiger partial charge in [-0.1, -0.05) is 12.1 Å². The highest BCUT2D eigenvalue weighted by molar-refractivity contribution is 7.90. The number of non-ortho nitro benzene ring substituents is 1. The van der Waals surface area contributed by atoms with E-state index in [1.165, 1.54) is 37.3 Å². The molecule has 0 spiro atoms. The molecule has 4 rings (SSSR count). The van der Waals surface area contributed by atoms with E-state index >= 15 is 0 Å². The minimum atomic E-state index is -3.72. The highest BCUT2D eigenvalue weighted by atomic mass is 32.2. The molecule has 1 aliphatic rings. The Hall–Kier alpha value is -4.13. The Morgan fingerprint density at radius 3 is 2.66 bits per heavy atom. The molecule has 0 aliphatic carbocycles. The van der Waals surface area contributed by atoms with Crippen molar-refractivity contribution in [2.75, 3.05) is 0 Å². The number of rotatable bonds is 6. The number of hydrogen-bond acceptors (Lipinski definition) is 10. The quantitative estimate of drug-likeness (QED) is 0.330. The molecule has 2 heterocycles. The molecular formula is C19H15N5O7S. The van der Waals surface area contributed by atoms with E-state index in [4.69, 9.17) is 9.15 Å². The predicted molar refractivity (Wildman–Crippen MR) is 109 cm³/mol. The van der Waals surface area contributed by atoms with Crippen LogP contribution in [0.1, 0.15) is 18.4 Å². The number of fused-ring (bicyclic) bond motifs is 1. The van der Waals surface area contributed by atoms with Crippen molar-refractivity contribution in [2.45, 2.75) is 24.5 Å². The van der Waals surface area contributed by atoms with Gasteiger partial charge >= 0.3 is 5.97 Å². The third-order valence-electron chi connectivity index (χ3n) is 4.46. The Labute approximate surface area is 181 Å². The van der Waals surface area contributed by atoms with Crippen molar-refractivity contribution in [2.24, 2.45) is 4.99 Å². The Balaban J connectivity index is 1.40. The molecule has 3 aromatic rings. The molecule has 1 aliphatic heterocycles. The molecule has 13 heteroatoms. The van der Waals surface area contributed by atoms with Crippen molar-refractivity contribution in [3.63, 3.8) is 0 Å². The molecule has 0 bridgehead atoms. The minimum absolute atomic E-state index is 0.0125. The topological polar surface area (TPSA) is 167 Å². The van der Waals surface area contributed by atoms with Crippen LogP contribution in [0.25, 0.3) is 11.5 Å². The van der Waals surface area contributed by atoms with Crippen molar-refractivity contribution in [3.8, 4) is 11.5 Å². The lowest BCUT2D eigenvalue weighted by Gasteiger charge is -2.07. The molecule has 0 fully saturated rings. The second-order valence-electron chi connectivity index (χ2n) is 6.67. The van der Waals surface area contributed by atoms with Gasteiger partial charge in [0.05, 0.1) is 9.82 Å². The maximum absolute atomic E-state index is 12.3. The molecule has 0 amide bonds. The first kappa shape index (κ1) is 21.1. The third kappa shape index (κ3) is 4.18. The van der Waals surface area contributed by atoms with E-state index < -0.39 is 27.0 Å². The average molecular weight is 457 g/mol. The number of benzene rings is 2. The van der Waals surface area contributed by atoms with Gasteiger partial charge in [0.25, 0.3) is 21.6 Å². The molecule has 32 heavy (non-hydrogen) atoms. The van der Waals surface area contributed by atoms with Crippen LogP contribution in [0, 0.1) is 10.1 Å². The molecule has 0 saturated heterocycles. The lowest BCUT2D eigenvalue weighted by molar-refractivity contribution is -0.384. The van der Waals surface area contributed by atoms with Gasteiger partial charge < -0.3 is 9.15 Å². The number of sulfonamides is 1. The normalized spacial score (nSPS) is 16.2. The Kier molecular flexibility index (Phi) is 5.40. The van der Waals surface area contributed by atoms with Crippen LogP contribution in [0.5, 0.6) is 0 Å². The van der Waals surface area contributed by atoms with Gasteiger partial charge in [0.15, 0.2) is 6.61 Å². The van der Waals surface area contributed by atoms with E-state index in [1.807, 2.05) is 0 Å². The van der Waals surface area contributed by atoms with Gasteiger partial charge in [-0.05, 0) is 31.2 Å². The summed E-state index contributed by atoms with van der Waals surface area (Å²) >= 11 is 0. The first-order chi connectivity index (χ1) is 15.2. The van der Waals surface area contributed by atoms with Crippen LogP contribution >= 0.6 is 0 Å². The summed E-state index contributed by atoms with van der Waals surface area (Å²) in [5.41, 5.74) is 0.759. The number of aliphatic imine (C=N–C) groups is 1. The van der Waals surface area contributed by atoms with Crippen LogP contribution in [-0.4, -0.2) is 41.4 Å². The van der Waals surface area contributed by atoms with Crippen LogP contribution in [0.15, 0.2) is 62.8 Å². The van der Waals surface area contributed by atoms with E-state index in [2.05, 4.69) is 19.9 Å². The number of esters is 1. The van der Waals surface area contributed by atoms with Gasteiger partial charge in [-0.15, -0.1) is 10.2 Å². The molecule has 1 aromatic heterocycles. The highest BCUT2D eigenvalue weighted by Gasteiger charge is 2.31. The van der Waals surface area contributed by atoms with Crippen LogP contribution in [-0.2, 0) is 26.2 Å². The average Bonchev–Trinajstić information content (AvgIpc) is 3.35. The number of amidine groups is 1. The van der Waals surface area contributed by atoms with E-state index in [9.17, 15) is 23.3 Å². The second-order valence-corrected chi connectivity index (χ2v) is 8.32. The number of ether oxygens (including phenoxy) is 1. The summed E-state index contributed by atoms with van der Waals surface area (Å²) in [7, 11) is -3.72. The zero-order valence-corrected chi connectivity index (χ0v) is 17.3. The largest absolute Gasteiger partial charge is 0.454 e. The van der Waals surface area contributed by atoms with Gasteiger partial charge in [-0.2, -0.15) is 0 Å². The monoisotopic (exact) mass is 457 g/mol. The van der Waals surface area contributed by atoms with E-state index in [1.54, 1.807) is 18.2 Å². The number of nitro benzene ring substituents is 1. The molecule has 0 radical (unpaired) electrons. The standard InChI is InChI=1S/C19H15N5O7S/c1-11(20-17-14-4-2-3-5-15(14)32(28,29)23-17)19(25)30-10-16-21-22-18(31-16)12-6-8-13(9-7-12)24(26)27/h2-9,11H,10H2,1H3,(H,20,23)/t11-/m0/s1. The summed E-state index contributed by atoms with van der Waals surface area (Å²) < 4.78 is 37.1. The number of carbonyl (C=O) groups is 1. The second kappa shape index (κ2) is 8.19. The van der Waals surface area contributed by atoms with Crippen LogP contribution in [0.2, 0.25) is 0 Å². The maximum Gasteiger partial charge on any atom is 0.331 e. The van der Waals surface area contributed by atoms with Crippen LogP contribution in [0.4, 0.5) is 5.69 Å². The van der Waals surface area contributed by atoms with Crippen LogP contribution < -0.4 is 4.72 Å². The molecule has 2 aromatic carbocycles. The number of aromatic nitrogens is 2. The first-order valence-corrected chi connectivity index (χ1v) is 10.7. The number of hydrogen-bond donors (Lipinski definition) is 1. The van der Waals surface area contributed by atoms with Crippen molar-refractivity contribution in [1.29, 1.82) is 0 Å². The maximum atomic E-state index is 12.3. The van der Waals surface area contributed by atoms with Gasteiger partial charge in [0, 0.05) is 23.3 Å². The first-order valence-electron chi connectivity index (χ1n) is 9.18. The van der Waals surface area contributed by atoms with Gasteiger partial charge in [-0.25, -0.2) is 13.2 Å². The Morgan fingerprint density at radius 2 is 1.94 bits per heavy atom. The SMILES string of the molecule is C[C@H](N=C1NS(=O)(=O)c2ccccc21)C(=O)OCc1nnc(-c2ccc([N+](=O)[O-])cc2)o1. The van der Waals surface area contributed by atoms with Crippen molar-refractivity contribution >= 4 is 27.5 Å². The molecule has 164 valence electrons. The number of carbonyl (C=O) groups excluding carboxylic acids is 1. The summed E-state index contributed by atoms with van der Waals surface area (Å²) in [4.78, 5) is 26.7. The lowest BCUT2D eigenvalue weighted by Crippen LogP contribution is -2.26. The Morgan fingerprint density at radius 1 is 1.22 bits per heavy atom. The molecule has 12 nitrogen and oxygen atoms in total. The number of nitrogens with zero attached hydrogens (tertiary/aromatic N) is 4. The summed E-state index contributed by atoms with van der Waals surface area (Å²) in [6.45, 7) is 1.14.